The highest BCUT2D eigenvalue weighted by Gasteiger charge is 2.40. The van der Waals surface area contributed by atoms with Crippen LogP contribution in [0.4, 0.5) is 12.0 Å². The van der Waals surface area contributed by atoms with Crippen LogP contribution >= 0.6 is 0 Å². The van der Waals surface area contributed by atoms with E-state index in [1.165, 1.54) is 5.56 Å². The molecule has 2 unspecified atom stereocenters. The van der Waals surface area contributed by atoms with Crippen molar-refractivity contribution in [1.82, 2.24) is 24.8 Å². The Morgan fingerprint density at radius 3 is 2.18 bits per heavy atom. The lowest BCUT2D eigenvalue weighted by Crippen LogP contribution is -2.56. The first kappa shape index (κ1) is 29.3. The van der Waals surface area contributed by atoms with Crippen LogP contribution in [0.15, 0.2) is 63.7 Å². The van der Waals surface area contributed by atoms with E-state index >= 15 is 0 Å². The monoisotopic (exact) mass is 612 g/mol. The molecule has 0 bridgehead atoms. The number of hydrogen-bond donors (Lipinski definition) is 1. The Hall–Kier alpha value is -4.42. The Balaban J connectivity index is 1.09. The molecule has 2 aliphatic rings. The van der Waals surface area contributed by atoms with Crippen molar-refractivity contribution in [2.24, 2.45) is 11.8 Å². The highest BCUT2D eigenvalue weighted by Crippen LogP contribution is 2.37. The largest absolute Gasteiger partial charge is 0.494 e. The van der Waals surface area contributed by atoms with E-state index in [1.807, 2.05) is 44.2 Å². The molecule has 2 N–H and O–H groups in total. The average molecular weight is 613 g/mol. The number of oxazole rings is 2. The van der Waals surface area contributed by atoms with Gasteiger partial charge in [0.1, 0.15) is 11.5 Å². The van der Waals surface area contributed by atoms with Crippen molar-refractivity contribution in [3.8, 4) is 11.5 Å². The smallest absolute Gasteiger partial charge is 0.314 e. The van der Waals surface area contributed by atoms with Gasteiger partial charge in [-0.3, -0.25) is 9.91 Å². The van der Waals surface area contributed by atoms with E-state index in [0.29, 0.717) is 53.6 Å². The molecule has 2 aliphatic heterocycles. The summed E-state index contributed by atoms with van der Waals surface area (Å²) in [5, 5.41) is 1.69. The molecule has 0 radical (unpaired) electrons. The first-order valence-electron chi connectivity index (χ1n) is 15.9. The summed E-state index contributed by atoms with van der Waals surface area (Å²) in [7, 11) is 0. The van der Waals surface area contributed by atoms with Gasteiger partial charge in [0.25, 0.3) is 6.01 Å². The molecule has 0 aliphatic carbocycles. The Labute approximate surface area is 262 Å². The molecule has 4 aromatic heterocycles. The van der Waals surface area contributed by atoms with Gasteiger partial charge >= 0.3 is 6.01 Å². The summed E-state index contributed by atoms with van der Waals surface area (Å²) in [5.41, 5.74) is 3.71. The molecule has 0 saturated carbocycles. The number of anilines is 2. The number of fused-ring (bicyclic) bond motifs is 2. The van der Waals surface area contributed by atoms with Gasteiger partial charge in [0.2, 0.25) is 11.3 Å². The lowest BCUT2D eigenvalue weighted by atomic mass is 9.82. The van der Waals surface area contributed by atoms with E-state index in [4.69, 9.17) is 29.1 Å². The summed E-state index contributed by atoms with van der Waals surface area (Å²) < 4.78 is 23.9. The Morgan fingerprint density at radius 1 is 0.867 bits per heavy atom. The maximum atomic E-state index is 6.70. The third-order valence-corrected chi connectivity index (χ3v) is 8.93. The molecule has 1 aromatic carbocycles. The van der Waals surface area contributed by atoms with Crippen LogP contribution in [-0.2, 0) is 6.54 Å². The van der Waals surface area contributed by atoms with Crippen LogP contribution in [0.25, 0.3) is 22.5 Å². The summed E-state index contributed by atoms with van der Waals surface area (Å²) >= 11 is 0. The zero-order chi connectivity index (χ0) is 30.8. The molecule has 2 atom stereocenters. The fraction of sp³-hybridized carbons (Fsp3) is 0.455. The second-order valence-electron chi connectivity index (χ2n) is 11.8. The van der Waals surface area contributed by atoms with Crippen LogP contribution in [-0.4, -0.2) is 69.8 Å². The minimum absolute atomic E-state index is 0.0399. The van der Waals surface area contributed by atoms with Gasteiger partial charge in [0, 0.05) is 37.6 Å². The van der Waals surface area contributed by atoms with E-state index in [2.05, 4.69) is 36.9 Å². The zero-order valence-corrected chi connectivity index (χ0v) is 25.8. The standard InChI is InChI=1S/C33H40N8O4/c1-3-42-25-17-22(18-26(20-25)43-4-2)21-39-14-9-23(10-15-39)27-19-24(41(34)33-38-31-29(45-33)8-6-13-36-31)11-16-40(27)32-37-30-28(44-32)7-5-12-35-30/h5-8,12-13,17-18,20,23-24,27H,3-4,9-11,14-16,19,21,34H2,1-2H3. The molecule has 2 saturated heterocycles. The van der Waals surface area contributed by atoms with Crippen molar-refractivity contribution < 1.29 is 18.3 Å². The van der Waals surface area contributed by atoms with Gasteiger partial charge in [0.05, 0.1) is 19.3 Å². The lowest BCUT2D eigenvalue weighted by Gasteiger charge is -2.46. The Bertz CT molecular complexity index is 1640. The number of aromatic nitrogens is 4. The SMILES string of the molecule is CCOc1cc(CN2CCC(C3CC(N(N)c4nc5ncccc5o4)CCN3c3nc4ncccc4o3)CC2)cc(OCC)c1. The molecule has 6 heterocycles. The maximum Gasteiger partial charge on any atom is 0.314 e. The first-order valence-corrected chi connectivity index (χ1v) is 15.9. The van der Waals surface area contributed by atoms with Gasteiger partial charge in [-0.2, -0.15) is 9.97 Å². The van der Waals surface area contributed by atoms with Crippen molar-refractivity contribution in [3.05, 3.63) is 60.4 Å². The number of hydrogen-bond acceptors (Lipinski definition) is 12. The van der Waals surface area contributed by atoms with Crippen LogP contribution in [0.5, 0.6) is 11.5 Å². The van der Waals surface area contributed by atoms with Crippen molar-refractivity contribution in [2.45, 2.75) is 58.2 Å². The predicted molar refractivity (Wildman–Crippen MR) is 171 cm³/mol. The molecule has 5 aromatic rings. The molecule has 45 heavy (non-hydrogen) atoms. The van der Waals surface area contributed by atoms with Crippen LogP contribution in [0.1, 0.15) is 45.1 Å². The molecule has 12 heteroatoms. The van der Waals surface area contributed by atoms with Gasteiger partial charge < -0.3 is 23.2 Å². The number of benzene rings is 1. The van der Waals surface area contributed by atoms with Crippen molar-refractivity contribution in [2.75, 3.05) is 42.8 Å². The highest BCUT2D eigenvalue weighted by atomic mass is 16.5. The lowest BCUT2D eigenvalue weighted by molar-refractivity contribution is 0.146. The molecule has 0 spiro atoms. The van der Waals surface area contributed by atoms with E-state index < -0.39 is 0 Å². The van der Waals surface area contributed by atoms with Crippen molar-refractivity contribution >= 4 is 34.5 Å². The summed E-state index contributed by atoms with van der Waals surface area (Å²) in [4.78, 5) is 22.9. The topological polar surface area (TPSA) is 132 Å². The van der Waals surface area contributed by atoms with E-state index in [9.17, 15) is 0 Å². The second kappa shape index (κ2) is 12.9. The number of nitrogens with zero attached hydrogens (tertiary/aromatic N) is 7. The Morgan fingerprint density at radius 2 is 1.53 bits per heavy atom. The molecule has 0 amide bonds. The number of likely N-dealkylation sites (tertiary alicyclic amines) is 1. The fourth-order valence-electron chi connectivity index (χ4n) is 6.80. The fourth-order valence-corrected chi connectivity index (χ4v) is 6.80. The third kappa shape index (κ3) is 6.25. The number of piperidine rings is 2. The average Bonchev–Trinajstić information content (AvgIpc) is 3.70. The number of pyridine rings is 2. The van der Waals surface area contributed by atoms with Crippen LogP contribution in [0.3, 0.4) is 0 Å². The van der Waals surface area contributed by atoms with E-state index in [1.54, 1.807) is 17.4 Å². The summed E-state index contributed by atoms with van der Waals surface area (Å²) in [5.74, 6) is 8.83. The number of hydrazine groups is 1. The van der Waals surface area contributed by atoms with Crippen LogP contribution in [0, 0.1) is 5.92 Å². The molecule has 2 fully saturated rings. The van der Waals surface area contributed by atoms with Crippen molar-refractivity contribution in [1.29, 1.82) is 0 Å². The zero-order valence-electron chi connectivity index (χ0n) is 25.8. The number of nitrogens with two attached hydrogens (primary N) is 1. The van der Waals surface area contributed by atoms with Gasteiger partial charge in [-0.1, -0.05) is 0 Å². The quantitative estimate of drug-likeness (QED) is 0.164. The minimum atomic E-state index is 0.0399. The number of rotatable bonds is 10. The minimum Gasteiger partial charge on any atom is -0.494 e. The third-order valence-electron chi connectivity index (χ3n) is 8.93. The van der Waals surface area contributed by atoms with Crippen LogP contribution < -0.4 is 25.2 Å². The van der Waals surface area contributed by atoms with Gasteiger partial charge in [-0.15, -0.1) is 0 Å². The van der Waals surface area contributed by atoms with Gasteiger partial charge in [0.15, 0.2) is 11.2 Å². The van der Waals surface area contributed by atoms with Gasteiger partial charge in [-0.25, -0.2) is 15.8 Å². The van der Waals surface area contributed by atoms with E-state index in [0.717, 1.165) is 63.4 Å². The molecular formula is C33H40N8O4. The maximum absolute atomic E-state index is 6.70. The molecule has 7 rings (SSSR count). The number of ether oxygens (including phenoxy) is 2. The predicted octanol–water partition coefficient (Wildman–Crippen LogP) is 5.19. The van der Waals surface area contributed by atoms with E-state index in [-0.39, 0.29) is 12.1 Å². The highest BCUT2D eigenvalue weighted by molar-refractivity contribution is 5.70. The van der Waals surface area contributed by atoms with Gasteiger partial charge in [-0.05, 0) is 100 Å². The first-order chi connectivity index (χ1) is 22.1. The normalized spacial score (nSPS) is 19.8. The molecular weight excluding hydrogens is 572 g/mol. The van der Waals surface area contributed by atoms with Crippen molar-refractivity contribution in [3.63, 3.8) is 0 Å². The Kier molecular flexibility index (Phi) is 8.40. The molecule has 236 valence electrons. The van der Waals surface area contributed by atoms with Crippen LogP contribution in [0.2, 0.25) is 0 Å². The second-order valence-corrected chi connectivity index (χ2v) is 11.8. The molecule has 12 nitrogen and oxygen atoms in total. The summed E-state index contributed by atoms with van der Waals surface area (Å²) in [6.07, 6.45) is 7.19. The summed E-state index contributed by atoms with van der Waals surface area (Å²) in [6.45, 7) is 8.83. The summed E-state index contributed by atoms with van der Waals surface area (Å²) in [6, 6.07) is 14.9.